The Morgan fingerprint density at radius 3 is 2.52 bits per heavy atom. The second kappa shape index (κ2) is 8.66. The highest BCUT2D eigenvalue weighted by molar-refractivity contribution is 14.1. The van der Waals surface area contributed by atoms with E-state index in [0.717, 1.165) is 9.13 Å². The van der Waals surface area contributed by atoms with Gasteiger partial charge in [0.2, 0.25) is 0 Å². The number of amides is 1. The zero-order chi connectivity index (χ0) is 22.0. The summed E-state index contributed by atoms with van der Waals surface area (Å²) in [6.07, 6.45) is 1.30. The number of anilines is 2. The van der Waals surface area contributed by atoms with Crippen LogP contribution >= 0.6 is 22.6 Å². The topological polar surface area (TPSA) is 71.5 Å². The van der Waals surface area contributed by atoms with Crippen molar-refractivity contribution in [3.8, 4) is 0 Å². The molecule has 1 N–H and O–H groups in total. The third-order valence-corrected chi connectivity index (χ3v) is 5.87. The van der Waals surface area contributed by atoms with Crippen LogP contribution in [0.15, 0.2) is 72.9 Å². The average Bonchev–Trinajstić information content (AvgIpc) is 3.01. The first-order valence-electron chi connectivity index (χ1n) is 9.91. The summed E-state index contributed by atoms with van der Waals surface area (Å²) in [4.78, 5) is 31.1. The summed E-state index contributed by atoms with van der Waals surface area (Å²) in [7, 11) is 0. The maximum absolute atomic E-state index is 12.7. The molecule has 0 spiro atoms. The molecule has 1 fully saturated rings. The number of pyridine rings is 1. The minimum atomic E-state index is -0.683. The lowest BCUT2D eigenvalue weighted by Crippen LogP contribution is -2.33. The number of cyclic esters (lactones) is 1. The van der Waals surface area contributed by atoms with Crippen LogP contribution in [0.2, 0.25) is 0 Å². The van der Waals surface area contributed by atoms with Crippen LogP contribution in [-0.2, 0) is 4.74 Å². The van der Waals surface area contributed by atoms with E-state index in [9.17, 15) is 9.59 Å². The summed E-state index contributed by atoms with van der Waals surface area (Å²) in [6.45, 7) is 3.95. The van der Waals surface area contributed by atoms with E-state index in [1.54, 1.807) is 35.4 Å². The maximum atomic E-state index is 12.7. The lowest BCUT2D eigenvalue weighted by molar-refractivity contribution is 0.0685. The molecule has 4 rings (SSSR count). The summed E-state index contributed by atoms with van der Waals surface area (Å²) in [5.74, 6) is 0.598. The van der Waals surface area contributed by atoms with Gasteiger partial charge in [0.25, 0.3) is 0 Å². The molecule has 1 aliphatic heterocycles. The average molecular weight is 527 g/mol. The summed E-state index contributed by atoms with van der Waals surface area (Å²) in [5.41, 5.74) is 1.56. The fourth-order valence-corrected chi connectivity index (χ4v) is 4.22. The van der Waals surface area contributed by atoms with Crippen molar-refractivity contribution in [1.29, 1.82) is 0 Å². The number of carbonyl (C=O) groups excluding carboxylic acids is 2. The second-order valence-electron chi connectivity index (χ2n) is 7.84. The lowest BCUT2D eigenvalue weighted by Gasteiger charge is -2.29. The Labute approximate surface area is 194 Å². The molecule has 2 heterocycles. The van der Waals surface area contributed by atoms with Crippen LogP contribution in [-0.4, -0.2) is 29.0 Å². The van der Waals surface area contributed by atoms with Gasteiger partial charge in [-0.15, -0.1) is 0 Å². The molecular weight excluding hydrogens is 505 g/mol. The van der Waals surface area contributed by atoms with Gasteiger partial charge in [-0.2, -0.15) is 0 Å². The number of aromatic nitrogens is 1. The maximum Gasteiger partial charge on any atom is 0.415 e. The first-order chi connectivity index (χ1) is 14.8. The molecule has 2 aromatic carbocycles. The molecule has 1 aromatic heterocycles. The zero-order valence-corrected chi connectivity index (χ0v) is 19.4. The number of hydrogen-bond donors (Lipinski definition) is 1. The van der Waals surface area contributed by atoms with Crippen molar-refractivity contribution in [3.05, 3.63) is 87.6 Å². The van der Waals surface area contributed by atoms with E-state index in [4.69, 9.17) is 4.74 Å². The largest absolute Gasteiger partial charge is 0.441 e. The van der Waals surface area contributed by atoms with Crippen LogP contribution in [0.5, 0.6) is 0 Å². The van der Waals surface area contributed by atoms with Crippen molar-refractivity contribution in [2.45, 2.75) is 25.5 Å². The van der Waals surface area contributed by atoms with Gasteiger partial charge >= 0.3 is 6.09 Å². The van der Waals surface area contributed by atoms with Crippen molar-refractivity contribution in [2.75, 3.05) is 16.8 Å². The van der Waals surface area contributed by atoms with Crippen molar-refractivity contribution >= 4 is 46.0 Å². The van der Waals surface area contributed by atoms with Gasteiger partial charge in [0.1, 0.15) is 17.5 Å². The normalized spacial score (nSPS) is 17.3. The Bertz CT molecular complexity index is 1100. The molecule has 158 valence electrons. The van der Waals surface area contributed by atoms with Gasteiger partial charge in [-0.05, 0) is 78.4 Å². The quantitative estimate of drug-likeness (QED) is 0.341. The van der Waals surface area contributed by atoms with Gasteiger partial charge in [-0.3, -0.25) is 9.69 Å². The van der Waals surface area contributed by atoms with Crippen LogP contribution < -0.4 is 10.2 Å². The Hall–Kier alpha value is -2.94. The number of nitrogens with one attached hydrogen (secondary N) is 1. The number of nitrogens with zero attached hydrogens (tertiary/aromatic N) is 2. The van der Waals surface area contributed by atoms with Gasteiger partial charge in [0, 0.05) is 21.0 Å². The molecule has 1 amide bonds. The molecule has 31 heavy (non-hydrogen) atoms. The summed E-state index contributed by atoms with van der Waals surface area (Å²) in [5, 5.41) is 3.05. The molecule has 7 heteroatoms. The van der Waals surface area contributed by atoms with Gasteiger partial charge in [0.15, 0.2) is 5.78 Å². The van der Waals surface area contributed by atoms with Crippen LogP contribution in [0, 0.1) is 3.57 Å². The number of ketones is 1. The molecule has 0 radical (unpaired) electrons. The third kappa shape index (κ3) is 4.56. The Morgan fingerprint density at radius 1 is 1.13 bits per heavy atom. The second-order valence-corrected chi connectivity index (χ2v) is 9.08. The van der Waals surface area contributed by atoms with Gasteiger partial charge in [-0.1, -0.05) is 30.3 Å². The number of carbonyl (C=O) groups is 2. The Morgan fingerprint density at radius 2 is 1.84 bits per heavy atom. The minimum Gasteiger partial charge on any atom is -0.441 e. The number of Topliss-reactive ketones (excluding diaryl/α,β-unsaturated/α-hetero) is 1. The first kappa shape index (κ1) is 21.3. The molecule has 0 aliphatic carbocycles. The molecular formula is C24H22IN3O3. The van der Waals surface area contributed by atoms with Crippen molar-refractivity contribution in [1.82, 2.24) is 4.98 Å². The van der Waals surface area contributed by atoms with Crippen molar-refractivity contribution in [2.24, 2.45) is 0 Å². The van der Waals surface area contributed by atoms with Crippen LogP contribution in [0.3, 0.4) is 0 Å². The number of benzene rings is 2. The standard InChI is InChI=1S/C24H22IN3O3/c1-24(2)22(17-6-4-3-5-7-17)28(23(30)31-24)19-10-8-16(9-11-19)20(29)15-27-21-14-18(25)12-13-26-21/h3-14,22H,15H2,1-2H3,(H,26,27)/t22-/m0/s1. The van der Waals surface area contributed by atoms with Gasteiger partial charge < -0.3 is 10.1 Å². The van der Waals surface area contributed by atoms with E-state index in [2.05, 4.69) is 32.9 Å². The highest BCUT2D eigenvalue weighted by Crippen LogP contribution is 2.43. The summed E-state index contributed by atoms with van der Waals surface area (Å²) >= 11 is 2.20. The number of rotatable bonds is 6. The third-order valence-electron chi connectivity index (χ3n) is 5.20. The summed E-state index contributed by atoms with van der Waals surface area (Å²) in [6, 6.07) is 20.4. The van der Waals surface area contributed by atoms with Gasteiger partial charge in [0.05, 0.1) is 6.54 Å². The van der Waals surface area contributed by atoms with E-state index in [1.807, 2.05) is 56.3 Å². The van der Waals surface area contributed by atoms with Crippen molar-refractivity contribution in [3.63, 3.8) is 0 Å². The molecule has 0 bridgehead atoms. The molecule has 1 saturated heterocycles. The smallest absolute Gasteiger partial charge is 0.415 e. The molecule has 3 aromatic rings. The van der Waals surface area contributed by atoms with Crippen molar-refractivity contribution < 1.29 is 14.3 Å². The summed E-state index contributed by atoms with van der Waals surface area (Å²) < 4.78 is 6.70. The number of hydrogen-bond acceptors (Lipinski definition) is 5. The lowest BCUT2D eigenvalue weighted by atomic mass is 9.91. The van der Waals surface area contributed by atoms with E-state index in [-0.39, 0.29) is 18.4 Å². The predicted octanol–water partition coefficient (Wildman–Crippen LogP) is 5.46. The van der Waals surface area contributed by atoms with E-state index < -0.39 is 11.7 Å². The molecule has 0 saturated carbocycles. The van der Waals surface area contributed by atoms with E-state index in [0.29, 0.717) is 17.1 Å². The SMILES string of the molecule is CC1(C)OC(=O)N(c2ccc(C(=O)CNc3cc(I)ccn3)cc2)[C@H]1c1ccccc1. The minimum absolute atomic E-state index is 0.0591. The molecule has 1 aliphatic rings. The van der Waals surface area contributed by atoms with Gasteiger partial charge in [-0.25, -0.2) is 9.78 Å². The van der Waals surface area contributed by atoms with E-state index >= 15 is 0 Å². The highest BCUT2D eigenvalue weighted by Gasteiger charge is 2.49. The molecule has 1 atom stereocenters. The first-order valence-corrected chi connectivity index (χ1v) is 11.0. The highest BCUT2D eigenvalue weighted by atomic mass is 127. The zero-order valence-electron chi connectivity index (χ0n) is 17.2. The molecule has 0 unspecified atom stereocenters. The van der Waals surface area contributed by atoms with Crippen LogP contribution in [0.1, 0.15) is 35.8 Å². The molecule has 6 nitrogen and oxygen atoms in total. The fraction of sp³-hybridized carbons (Fsp3) is 0.208. The monoisotopic (exact) mass is 527 g/mol. The fourth-order valence-electron chi connectivity index (χ4n) is 3.77. The van der Waals surface area contributed by atoms with Crippen LogP contribution in [0.25, 0.3) is 0 Å². The number of ether oxygens (including phenoxy) is 1. The Balaban J connectivity index is 1.52. The number of halogens is 1. The van der Waals surface area contributed by atoms with Crippen LogP contribution in [0.4, 0.5) is 16.3 Å². The predicted molar refractivity (Wildman–Crippen MR) is 128 cm³/mol. The Kier molecular flexibility index (Phi) is 5.95. The van der Waals surface area contributed by atoms with E-state index in [1.165, 1.54) is 0 Å².